The molecule has 1 N–H and O–H groups in total. The normalized spacial score (nSPS) is 10.7. The van der Waals surface area contributed by atoms with E-state index in [2.05, 4.69) is 31.3 Å². The molecule has 0 bridgehead atoms. The minimum absolute atomic E-state index is 0.236. The van der Waals surface area contributed by atoms with Crippen molar-refractivity contribution < 1.29 is 18.7 Å². The fraction of sp³-hybridized carbons (Fsp3) is 0.227. The molecule has 0 atom stereocenters. The third-order valence-electron chi connectivity index (χ3n) is 4.30. The van der Waals surface area contributed by atoms with Gasteiger partial charge in [-0.2, -0.15) is 0 Å². The van der Waals surface area contributed by atoms with Crippen LogP contribution in [0.2, 0.25) is 0 Å². The van der Waals surface area contributed by atoms with Gasteiger partial charge in [0.25, 0.3) is 5.91 Å². The number of furan rings is 1. The number of carbonyl (C=O) groups is 1. The Morgan fingerprint density at radius 1 is 0.926 bits per heavy atom. The third-order valence-corrected chi connectivity index (χ3v) is 4.30. The average molecular weight is 365 g/mol. The first-order valence-electron chi connectivity index (χ1n) is 8.74. The molecule has 0 fully saturated rings. The second-order valence-electron chi connectivity index (χ2n) is 6.50. The van der Waals surface area contributed by atoms with E-state index in [0.717, 1.165) is 5.56 Å². The zero-order valence-corrected chi connectivity index (χ0v) is 15.9. The van der Waals surface area contributed by atoms with Gasteiger partial charge >= 0.3 is 0 Å². The lowest BCUT2D eigenvalue weighted by Gasteiger charge is -2.09. The molecule has 0 saturated heterocycles. The van der Waals surface area contributed by atoms with Gasteiger partial charge in [-0.25, -0.2) is 0 Å². The minimum atomic E-state index is -0.338. The van der Waals surface area contributed by atoms with Crippen molar-refractivity contribution >= 4 is 11.6 Å². The maximum Gasteiger partial charge on any atom is 0.291 e. The summed E-state index contributed by atoms with van der Waals surface area (Å²) >= 11 is 0. The largest absolute Gasteiger partial charge is 0.497 e. The summed E-state index contributed by atoms with van der Waals surface area (Å²) in [5, 5.41) is 2.80. The molecule has 1 aromatic heterocycles. The third kappa shape index (κ3) is 4.31. The van der Waals surface area contributed by atoms with Gasteiger partial charge in [0.2, 0.25) is 0 Å². The summed E-state index contributed by atoms with van der Waals surface area (Å²) in [6, 6.07) is 16.8. The van der Waals surface area contributed by atoms with Crippen LogP contribution in [-0.4, -0.2) is 20.1 Å². The molecule has 5 heteroatoms. The molecule has 27 heavy (non-hydrogen) atoms. The van der Waals surface area contributed by atoms with Gasteiger partial charge in [-0.3, -0.25) is 4.79 Å². The molecule has 1 amide bonds. The summed E-state index contributed by atoms with van der Waals surface area (Å²) in [5.41, 5.74) is 2.76. The predicted molar refractivity (Wildman–Crippen MR) is 106 cm³/mol. The standard InChI is InChI=1S/C22H23NO4/c1-14(2)15-5-7-16(8-6-15)20-9-10-21(27-20)22(24)23-17-11-18(25-3)13-19(12-17)26-4/h5-14H,1-4H3,(H,23,24). The molecule has 0 aliphatic carbocycles. The molecule has 0 saturated carbocycles. The van der Waals surface area contributed by atoms with Gasteiger partial charge in [0.05, 0.1) is 14.2 Å². The average Bonchev–Trinajstić information content (AvgIpc) is 3.18. The molecule has 0 radical (unpaired) electrons. The molecule has 3 rings (SSSR count). The zero-order valence-electron chi connectivity index (χ0n) is 15.9. The molecule has 1 heterocycles. The molecule has 0 aliphatic heterocycles. The summed E-state index contributed by atoms with van der Waals surface area (Å²) in [5.74, 6) is 2.20. The number of hydrogen-bond acceptors (Lipinski definition) is 4. The Morgan fingerprint density at radius 2 is 1.56 bits per heavy atom. The van der Waals surface area contributed by atoms with Crippen LogP contribution in [0.5, 0.6) is 11.5 Å². The van der Waals surface area contributed by atoms with Crippen LogP contribution in [0.1, 0.15) is 35.9 Å². The Balaban J connectivity index is 1.77. The maximum atomic E-state index is 12.5. The molecule has 2 aromatic carbocycles. The van der Waals surface area contributed by atoms with Crippen molar-refractivity contribution in [2.24, 2.45) is 0 Å². The number of methoxy groups -OCH3 is 2. The van der Waals surface area contributed by atoms with Crippen LogP contribution >= 0.6 is 0 Å². The van der Waals surface area contributed by atoms with Crippen molar-refractivity contribution in [2.75, 3.05) is 19.5 Å². The zero-order chi connectivity index (χ0) is 19.4. The van der Waals surface area contributed by atoms with Crippen molar-refractivity contribution in [3.05, 3.63) is 65.9 Å². The number of ether oxygens (including phenoxy) is 2. The highest BCUT2D eigenvalue weighted by atomic mass is 16.5. The lowest BCUT2D eigenvalue weighted by atomic mass is 10.0. The number of rotatable bonds is 6. The molecule has 5 nitrogen and oxygen atoms in total. The lowest BCUT2D eigenvalue weighted by molar-refractivity contribution is 0.0997. The van der Waals surface area contributed by atoms with Crippen LogP contribution in [-0.2, 0) is 0 Å². The fourth-order valence-corrected chi connectivity index (χ4v) is 2.72. The number of hydrogen-bond donors (Lipinski definition) is 1. The molecule has 0 aliphatic rings. The second-order valence-corrected chi connectivity index (χ2v) is 6.50. The smallest absolute Gasteiger partial charge is 0.291 e. The van der Waals surface area contributed by atoms with E-state index >= 15 is 0 Å². The first-order valence-corrected chi connectivity index (χ1v) is 8.74. The van der Waals surface area contributed by atoms with Gasteiger partial charge in [-0.15, -0.1) is 0 Å². The summed E-state index contributed by atoms with van der Waals surface area (Å²) in [6.07, 6.45) is 0. The van der Waals surface area contributed by atoms with Crippen LogP contribution in [0.4, 0.5) is 5.69 Å². The van der Waals surface area contributed by atoms with Crippen molar-refractivity contribution in [2.45, 2.75) is 19.8 Å². The molecule has 0 unspecified atom stereocenters. The number of amides is 1. The predicted octanol–water partition coefficient (Wildman–Crippen LogP) is 5.34. The Kier molecular flexibility index (Phi) is 5.50. The van der Waals surface area contributed by atoms with Crippen molar-refractivity contribution in [3.63, 3.8) is 0 Å². The molecular weight excluding hydrogens is 342 g/mol. The number of nitrogens with one attached hydrogen (secondary N) is 1. The first kappa shape index (κ1) is 18.6. The van der Waals surface area contributed by atoms with Crippen LogP contribution in [0.15, 0.2) is 59.0 Å². The van der Waals surface area contributed by atoms with Gasteiger partial charge < -0.3 is 19.2 Å². The van der Waals surface area contributed by atoms with E-state index in [-0.39, 0.29) is 11.7 Å². The van der Waals surface area contributed by atoms with Crippen molar-refractivity contribution in [3.8, 4) is 22.8 Å². The number of anilines is 1. The van der Waals surface area contributed by atoms with E-state index in [1.807, 2.05) is 12.1 Å². The van der Waals surface area contributed by atoms with E-state index in [1.54, 1.807) is 44.6 Å². The summed E-state index contributed by atoms with van der Waals surface area (Å²) in [6.45, 7) is 4.30. The van der Waals surface area contributed by atoms with Crippen LogP contribution in [0, 0.1) is 0 Å². The van der Waals surface area contributed by atoms with E-state index in [4.69, 9.17) is 13.9 Å². The number of benzene rings is 2. The second kappa shape index (κ2) is 7.99. The highest BCUT2D eigenvalue weighted by Gasteiger charge is 2.14. The quantitative estimate of drug-likeness (QED) is 0.640. The van der Waals surface area contributed by atoms with Gasteiger partial charge in [0.15, 0.2) is 5.76 Å². The Bertz CT molecular complexity index is 903. The van der Waals surface area contributed by atoms with Crippen LogP contribution < -0.4 is 14.8 Å². The first-order chi connectivity index (χ1) is 13.0. The summed E-state index contributed by atoms with van der Waals surface area (Å²) < 4.78 is 16.2. The monoisotopic (exact) mass is 365 g/mol. The summed E-state index contributed by atoms with van der Waals surface area (Å²) in [4.78, 5) is 12.5. The van der Waals surface area contributed by atoms with E-state index < -0.39 is 0 Å². The Labute approximate surface area is 158 Å². The highest BCUT2D eigenvalue weighted by molar-refractivity contribution is 6.02. The molecule has 3 aromatic rings. The molecule has 140 valence electrons. The van der Waals surface area contributed by atoms with Crippen molar-refractivity contribution in [1.82, 2.24) is 0 Å². The lowest BCUT2D eigenvalue weighted by Crippen LogP contribution is -2.11. The topological polar surface area (TPSA) is 60.7 Å². The SMILES string of the molecule is COc1cc(NC(=O)c2ccc(-c3ccc(C(C)C)cc3)o2)cc(OC)c1. The van der Waals surface area contributed by atoms with E-state index in [1.165, 1.54) is 5.56 Å². The number of carbonyl (C=O) groups excluding carboxylic acids is 1. The van der Waals surface area contributed by atoms with Gasteiger partial charge in [-0.05, 0) is 23.6 Å². The molecule has 0 spiro atoms. The van der Waals surface area contributed by atoms with Gasteiger partial charge in [0.1, 0.15) is 17.3 Å². The van der Waals surface area contributed by atoms with Crippen LogP contribution in [0.3, 0.4) is 0 Å². The Morgan fingerprint density at radius 3 is 2.11 bits per heavy atom. The van der Waals surface area contributed by atoms with E-state index in [9.17, 15) is 4.79 Å². The van der Waals surface area contributed by atoms with Gasteiger partial charge in [-0.1, -0.05) is 38.1 Å². The van der Waals surface area contributed by atoms with E-state index in [0.29, 0.717) is 28.9 Å². The summed E-state index contributed by atoms with van der Waals surface area (Å²) in [7, 11) is 3.12. The van der Waals surface area contributed by atoms with Crippen molar-refractivity contribution in [1.29, 1.82) is 0 Å². The highest BCUT2D eigenvalue weighted by Crippen LogP contribution is 2.28. The molecular formula is C22H23NO4. The fourth-order valence-electron chi connectivity index (χ4n) is 2.72. The van der Waals surface area contributed by atoms with Gasteiger partial charge in [0, 0.05) is 29.4 Å². The minimum Gasteiger partial charge on any atom is -0.497 e. The van der Waals surface area contributed by atoms with Crippen LogP contribution in [0.25, 0.3) is 11.3 Å². The maximum absolute atomic E-state index is 12.5. The Hall–Kier alpha value is -3.21.